The molecule has 0 fully saturated rings. The average molecular weight is 324 g/mol. The molecule has 0 saturated heterocycles. The lowest BCUT2D eigenvalue weighted by atomic mass is 10.2. The lowest BCUT2D eigenvalue weighted by molar-refractivity contribution is 0.970. The lowest BCUT2D eigenvalue weighted by Crippen LogP contribution is -2.05. The van der Waals surface area contributed by atoms with Crippen molar-refractivity contribution in [1.29, 1.82) is 0 Å². The second-order valence-electron chi connectivity index (χ2n) is 4.85. The Morgan fingerprint density at radius 3 is 2.70 bits per heavy atom. The number of hydrogen-bond acceptors (Lipinski definition) is 5. The lowest BCUT2D eigenvalue weighted by Gasteiger charge is -2.04. The summed E-state index contributed by atoms with van der Waals surface area (Å²) in [4.78, 5) is 4.50. The van der Waals surface area contributed by atoms with Gasteiger partial charge in [-0.1, -0.05) is 48.0 Å². The monoisotopic (exact) mass is 323 g/mol. The van der Waals surface area contributed by atoms with Crippen molar-refractivity contribution in [2.24, 2.45) is 5.10 Å². The Labute approximate surface area is 139 Å². The maximum absolute atomic E-state index is 5.95. The molecule has 0 aliphatic carbocycles. The summed E-state index contributed by atoms with van der Waals surface area (Å²) in [6, 6.07) is 17.1. The summed E-state index contributed by atoms with van der Waals surface area (Å²) in [5, 5.41) is 13.0. The van der Waals surface area contributed by atoms with Crippen LogP contribution in [-0.4, -0.2) is 20.9 Å². The molecule has 5 nitrogen and oxygen atoms in total. The van der Waals surface area contributed by atoms with E-state index in [9.17, 15) is 0 Å². The molecule has 1 N–H and O–H groups in total. The number of nitrogens with zero attached hydrogens (tertiary/aromatic N) is 4. The normalized spacial score (nSPS) is 11.3. The summed E-state index contributed by atoms with van der Waals surface area (Å²) >= 11 is 5.95. The minimum Gasteiger partial charge on any atom is -0.278 e. The highest BCUT2D eigenvalue weighted by atomic mass is 35.5. The minimum absolute atomic E-state index is 0.570. The van der Waals surface area contributed by atoms with Crippen molar-refractivity contribution in [2.45, 2.75) is 6.92 Å². The molecule has 114 valence electrons. The van der Waals surface area contributed by atoms with Crippen LogP contribution in [0.2, 0.25) is 5.02 Å². The maximum atomic E-state index is 5.95. The molecule has 0 spiro atoms. The molecular weight excluding hydrogens is 310 g/mol. The fourth-order valence-electron chi connectivity index (χ4n) is 1.95. The molecular formula is C17H14ClN5. The minimum atomic E-state index is 0.570. The van der Waals surface area contributed by atoms with Gasteiger partial charge in [-0.2, -0.15) is 10.2 Å². The molecule has 0 bridgehead atoms. The SMILES string of the molecule is C/C(=N\Nc1cccc(Cl)c1)c1cnnc(-c2ccccc2)n1. The Kier molecular flexibility index (Phi) is 4.59. The van der Waals surface area contributed by atoms with Crippen LogP contribution in [0.25, 0.3) is 11.4 Å². The van der Waals surface area contributed by atoms with Crippen LogP contribution in [0.5, 0.6) is 0 Å². The van der Waals surface area contributed by atoms with Gasteiger partial charge in [-0.15, -0.1) is 5.10 Å². The zero-order valence-electron chi connectivity index (χ0n) is 12.4. The van der Waals surface area contributed by atoms with Crippen molar-refractivity contribution >= 4 is 23.0 Å². The fourth-order valence-corrected chi connectivity index (χ4v) is 2.14. The summed E-state index contributed by atoms with van der Waals surface area (Å²) in [6.45, 7) is 1.86. The molecule has 3 aromatic rings. The van der Waals surface area contributed by atoms with E-state index in [1.54, 1.807) is 12.3 Å². The second kappa shape index (κ2) is 6.98. The van der Waals surface area contributed by atoms with Gasteiger partial charge in [0, 0.05) is 10.6 Å². The van der Waals surface area contributed by atoms with Gasteiger partial charge >= 0.3 is 0 Å². The molecule has 0 aliphatic heterocycles. The molecule has 0 atom stereocenters. The molecule has 0 aliphatic rings. The summed E-state index contributed by atoms with van der Waals surface area (Å²) in [7, 11) is 0. The first-order chi connectivity index (χ1) is 11.2. The van der Waals surface area contributed by atoms with E-state index in [1.807, 2.05) is 55.5 Å². The average Bonchev–Trinajstić information content (AvgIpc) is 2.61. The van der Waals surface area contributed by atoms with Crippen molar-refractivity contribution in [3.63, 3.8) is 0 Å². The van der Waals surface area contributed by atoms with Crippen LogP contribution in [0.1, 0.15) is 12.6 Å². The Morgan fingerprint density at radius 1 is 1.09 bits per heavy atom. The fraction of sp³-hybridized carbons (Fsp3) is 0.0588. The van der Waals surface area contributed by atoms with E-state index in [0.717, 1.165) is 11.3 Å². The van der Waals surface area contributed by atoms with Crippen molar-refractivity contribution in [3.8, 4) is 11.4 Å². The van der Waals surface area contributed by atoms with Gasteiger partial charge in [0.15, 0.2) is 5.82 Å². The van der Waals surface area contributed by atoms with Crippen LogP contribution < -0.4 is 5.43 Å². The predicted octanol–water partition coefficient (Wildman–Crippen LogP) is 4.03. The molecule has 0 unspecified atom stereocenters. The first-order valence-corrected chi connectivity index (χ1v) is 7.41. The van der Waals surface area contributed by atoms with E-state index in [1.165, 1.54) is 0 Å². The van der Waals surface area contributed by atoms with E-state index in [2.05, 4.69) is 25.7 Å². The predicted molar refractivity (Wildman–Crippen MR) is 92.5 cm³/mol. The van der Waals surface area contributed by atoms with E-state index in [4.69, 9.17) is 11.6 Å². The molecule has 0 radical (unpaired) electrons. The molecule has 1 aromatic heterocycles. The van der Waals surface area contributed by atoms with E-state index in [-0.39, 0.29) is 0 Å². The zero-order chi connectivity index (χ0) is 16.1. The van der Waals surface area contributed by atoms with Gasteiger partial charge in [0.1, 0.15) is 5.69 Å². The first-order valence-electron chi connectivity index (χ1n) is 7.04. The van der Waals surface area contributed by atoms with Crippen molar-refractivity contribution in [3.05, 3.63) is 71.5 Å². The Bertz CT molecular complexity index is 833. The molecule has 3 rings (SSSR count). The number of anilines is 1. The van der Waals surface area contributed by atoms with Gasteiger partial charge in [-0.25, -0.2) is 4.98 Å². The number of rotatable bonds is 4. The third-order valence-electron chi connectivity index (χ3n) is 3.14. The number of hydrazone groups is 1. The topological polar surface area (TPSA) is 63.1 Å². The van der Waals surface area contributed by atoms with Crippen LogP contribution in [0.15, 0.2) is 65.9 Å². The van der Waals surface area contributed by atoms with Gasteiger partial charge in [0.2, 0.25) is 0 Å². The van der Waals surface area contributed by atoms with Crippen molar-refractivity contribution in [2.75, 3.05) is 5.43 Å². The summed E-state index contributed by atoms with van der Waals surface area (Å²) in [5.41, 5.74) is 6.05. The van der Waals surface area contributed by atoms with Gasteiger partial charge in [0.05, 0.1) is 17.6 Å². The van der Waals surface area contributed by atoms with Gasteiger partial charge in [0.25, 0.3) is 0 Å². The molecule has 2 aromatic carbocycles. The Balaban J connectivity index is 1.82. The number of aromatic nitrogens is 3. The highest BCUT2D eigenvalue weighted by molar-refractivity contribution is 6.30. The molecule has 0 amide bonds. The highest BCUT2D eigenvalue weighted by Gasteiger charge is 2.06. The molecule has 6 heteroatoms. The number of benzene rings is 2. The van der Waals surface area contributed by atoms with Crippen LogP contribution in [0, 0.1) is 0 Å². The van der Waals surface area contributed by atoms with E-state index < -0.39 is 0 Å². The number of hydrogen-bond donors (Lipinski definition) is 1. The van der Waals surface area contributed by atoms with Crippen molar-refractivity contribution in [1.82, 2.24) is 15.2 Å². The Morgan fingerprint density at radius 2 is 1.91 bits per heavy atom. The highest BCUT2D eigenvalue weighted by Crippen LogP contribution is 2.15. The number of nitrogens with one attached hydrogen (secondary N) is 1. The Hall–Kier alpha value is -2.79. The summed E-state index contributed by atoms with van der Waals surface area (Å²) in [5.74, 6) is 0.570. The summed E-state index contributed by atoms with van der Waals surface area (Å²) < 4.78 is 0. The van der Waals surface area contributed by atoms with Crippen LogP contribution in [-0.2, 0) is 0 Å². The quantitative estimate of drug-likeness (QED) is 0.581. The largest absolute Gasteiger partial charge is 0.278 e. The third kappa shape index (κ3) is 3.90. The molecule has 23 heavy (non-hydrogen) atoms. The summed E-state index contributed by atoms with van der Waals surface area (Å²) in [6.07, 6.45) is 1.59. The number of halogens is 1. The first kappa shape index (κ1) is 15.1. The van der Waals surface area contributed by atoms with Gasteiger partial charge in [-0.3, -0.25) is 5.43 Å². The van der Waals surface area contributed by atoms with Crippen LogP contribution >= 0.6 is 11.6 Å². The van der Waals surface area contributed by atoms with Crippen molar-refractivity contribution < 1.29 is 0 Å². The molecule has 0 saturated carbocycles. The zero-order valence-corrected chi connectivity index (χ0v) is 13.2. The standard InChI is InChI=1S/C17H14ClN5/c1-12(21-22-15-9-5-8-14(18)10-15)16-11-19-23-17(20-16)13-6-3-2-4-7-13/h2-11,22H,1H3/b21-12+. The van der Waals surface area contributed by atoms with Crippen LogP contribution in [0.3, 0.4) is 0 Å². The molecule has 1 heterocycles. The van der Waals surface area contributed by atoms with E-state index >= 15 is 0 Å². The smallest absolute Gasteiger partial charge is 0.182 e. The van der Waals surface area contributed by atoms with E-state index in [0.29, 0.717) is 22.3 Å². The van der Waals surface area contributed by atoms with Gasteiger partial charge in [-0.05, 0) is 25.1 Å². The third-order valence-corrected chi connectivity index (χ3v) is 3.37. The van der Waals surface area contributed by atoms with Crippen LogP contribution in [0.4, 0.5) is 5.69 Å². The maximum Gasteiger partial charge on any atom is 0.182 e. The second-order valence-corrected chi connectivity index (χ2v) is 5.29. The van der Waals surface area contributed by atoms with Gasteiger partial charge < -0.3 is 0 Å².